The quantitative estimate of drug-likeness (QED) is 0.438. The summed E-state index contributed by atoms with van der Waals surface area (Å²) in [5.41, 5.74) is -0.129. The van der Waals surface area contributed by atoms with Crippen molar-refractivity contribution >= 4 is 29.0 Å². The topological polar surface area (TPSA) is 114 Å². The summed E-state index contributed by atoms with van der Waals surface area (Å²) in [5.74, 6) is -2.67. The number of benzene rings is 1. The molecule has 2 heterocycles. The van der Waals surface area contributed by atoms with Gasteiger partial charge in [-0.05, 0) is 58.1 Å². The lowest BCUT2D eigenvalue weighted by Crippen LogP contribution is -2.57. The Morgan fingerprint density at radius 1 is 1.21 bits per heavy atom. The van der Waals surface area contributed by atoms with E-state index in [9.17, 15) is 23.9 Å². The number of unbranched alkanes of at least 4 members (excludes halogenated alkanes) is 1. The Bertz CT molecular complexity index is 1170. The van der Waals surface area contributed by atoms with E-state index in [-0.39, 0.29) is 36.8 Å². The maximum absolute atomic E-state index is 14.9. The average Bonchev–Trinajstić information content (AvgIpc) is 3.23. The van der Waals surface area contributed by atoms with Gasteiger partial charge in [-0.15, -0.1) is 0 Å². The number of aryl methyl sites for hydroxylation is 1. The summed E-state index contributed by atoms with van der Waals surface area (Å²) in [5, 5.41) is 9.87. The molecule has 10 nitrogen and oxygen atoms in total. The van der Waals surface area contributed by atoms with Crippen molar-refractivity contribution in [2.75, 3.05) is 33.4 Å². The first-order valence-corrected chi connectivity index (χ1v) is 13.5. The van der Waals surface area contributed by atoms with E-state index in [1.54, 1.807) is 49.5 Å². The van der Waals surface area contributed by atoms with E-state index < -0.39 is 41.3 Å². The van der Waals surface area contributed by atoms with Crippen molar-refractivity contribution < 1.29 is 33.4 Å². The zero-order valence-corrected chi connectivity index (χ0v) is 23.8. The van der Waals surface area contributed by atoms with Crippen molar-refractivity contribution in [1.82, 2.24) is 19.4 Å². The Balaban J connectivity index is 2.01. The minimum absolute atomic E-state index is 0.00627. The number of ether oxygens (including phenoxy) is 2. The van der Waals surface area contributed by atoms with Gasteiger partial charge in [0.05, 0.1) is 17.5 Å². The number of aromatic nitrogens is 2. The number of carbonyl (C=O) groups is 3. The number of methoxy groups -OCH3 is 1. The number of carboxylic acid groups (broad SMARTS) is 1. The predicted molar refractivity (Wildman–Crippen MR) is 144 cm³/mol. The molecule has 0 radical (unpaired) electrons. The number of rotatable bonds is 10. The van der Waals surface area contributed by atoms with Gasteiger partial charge in [-0.3, -0.25) is 9.59 Å². The normalized spacial score (nSPS) is 18.0. The lowest BCUT2D eigenvalue weighted by Gasteiger charge is -2.42. The maximum atomic E-state index is 14.9. The molecule has 11 heteroatoms. The molecular weight excluding hydrogens is 507 g/mol. The molecule has 0 saturated carbocycles. The fourth-order valence-corrected chi connectivity index (χ4v) is 4.91. The Morgan fingerprint density at radius 3 is 2.54 bits per heavy atom. The first-order valence-electron chi connectivity index (χ1n) is 13.5. The standard InChI is InChI=1S/C28H41FN4O6/c1-18(2)15-33(20-14-19(26(35)36)16-31(17-20)27(37)39-28(3,4)5)25(34)24-30-22-11-9-10-21(29)23(22)32(24)12-7-8-13-38-6/h9-11,18-20H,7-8,12-17H2,1-6H3,(H,35,36)/t19-,20+/m1/s1. The van der Waals surface area contributed by atoms with E-state index in [1.165, 1.54) is 11.0 Å². The third kappa shape index (κ3) is 7.68. The molecule has 1 aromatic heterocycles. The van der Waals surface area contributed by atoms with Crippen LogP contribution in [0.25, 0.3) is 11.0 Å². The molecule has 1 aliphatic rings. The molecule has 3 rings (SSSR count). The zero-order chi connectivity index (χ0) is 28.9. The van der Waals surface area contributed by atoms with Crippen molar-refractivity contribution in [3.63, 3.8) is 0 Å². The smallest absolute Gasteiger partial charge is 0.410 e. The second-order valence-electron chi connectivity index (χ2n) is 11.6. The monoisotopic (exact) mass is 548 g/mol. The highest BCUT2D eigenvalue weighted by Gasteiger charge is 2.40. The summed E-state index contributed by atoms with van der Waals surface area (Å²) in [7, 11) is 1.61. The highest BCUT2D eigenvalue weighted by molar-refractivity contribution is 5.95. The van der Waals surface area contributed by atoms with Crippen molar-refractivity contribution in [1.29, 1.82) is 0 Å². The van der Waals surface area contributed by atoms with Crippen LogP contribution in [0.2, 0.25) is 0 Å². The summed E-state index contributed by atoms with van der Waals surface area (Å²) >= 11 is 0. The van der Waals surface area contributed by atoms with Gasteiger partial charge in [0.1, 0.15) is 16.9 Å². The van der Waals surface area contributed by atoms with Gasteiger partial charge in [-0.25, -0.2) is 14.2 Å². The first-order chi connectivity index (χ1) is 18.3. The molecule has 0 spiro atoms. The van der Waals surface area contributed by atoms with E-state index >= 15 is 0 Å². The predicted octanol–water partition coefficient (Wildman–Crippen LogP) is 4.41. The van der Waals surface area contributed by atoms with Gasteiger partial charge in [-0.2, -0.15) is 0 Å². The van der Waals surface area contributed by atoms with Crippen LogP contribution in [0, 0.1) is 17.7 Å². The van der Waals surface area contributed by atoms with Crippen molar-refractivity contribution in [3.05, 3.63) is 29.8 Å². The molecule has 216 valence electrons. The fourth-order valence-electron chi connectivity index (χ4n) is 4.91. The van der Waals surface area contributed by atoms with Crippen LogP contribution in [0.5, 0.6) is 0 Å². The molecule has 39 heavy (non-hydrogen) atoms. The van der Waals surface area contributed by atoms with E-state index in [2.05, 4.69) is 4.98 Å². The van der Waals surface area contributed by atoms with E-state index in [1.807, 2.05) is 13.8 Å². The minimum Gasteiger partial charge on any atom is -0.481 e. The summed E-state index contributed by atoms with van der Waals surface area (Å²) in [4.78, 5) is 46.7. The molecule has 1 fully saturated rings. The fraction of sp³-hybridized carbons (Fsp3) is 0.643. The summed E-state index contributed by atoms with van der Waals surface area (Å²) in [6.45, 7) is 10.5. The van der Waals surface area contributed by atoms with Crippen LogP contribution in [0.3, 0.4) is 0 Å². The average molecular weight is 549 g/mol. The van der Waals surface area contributed by atoms with Crippen molar-refractivity contribution in [3.8, 4) is 0 Å². The molecule has 0 unspecified atom stereocenters. The van der Waals surface area contributed by atoms with Gasteiger partial charge in [0.25, 0.3) is 5.91 Å². The van der Waals surface area contributed by atoms with E-state index in [0.29, 0.717) is 31.6 Å². The molecule has 2 aromatic rings. The zero-order valence-electron chi connectivity index (χ0n) is 23.8. The number of imidazole rings is 1. The Morgan fingerprint density at radius 2 is 1.92 bits per heavy atom. The number of carbonyl (C=O) groups excluding carboxylic acids is 2. The van der Waals surface area contributed by atoms with Gasteiger partial charge in [-0.1, -0.05) is 19.9 Å². The summed E-state index contributed by atoms with van der Waals surface area (Å²) < 4.78 is 27.2. The molecule has 2 amide bonds. The van der Waals surface area contributed by atoms with Gasteiger partial charge in [0.2, 0.25) is 0 Å². The minimum atomic E-state index is -1.04. The van der Waals surface area contributed by atoms with Gasteiger partial charge >= 0.3 is 12.1 Å². The number of nitrogens with zero attached hydrogens (tertiary/aromatic N) is 4. The van der Waals surface area contributed by atoms with Crippen molar-refractivity contribution in [2.45, 2.75) is 72.1 Å². The Kier molecular flexibility index (Phi) is 9.93. The maximum Gasteiger partial charge on any atom is 0.410 e. The SMILES string of the molecule is COCCCCn1c(C(=O)N(CC(C)C)[C@H]2C[C@@H](C(=O)O)CN(C(=O)OC(C)(C)C)C2)nc2cccc(F)c21. The second-order valence-corrected chi connectivity index (χ2v) is 11.6. The number of halogens is 1. The number of likely N-dealkylation sites (tertiary alicyclic amines) is 1. The van der Waals surface area contributed by atoms with Gasteiger partial charge < -0.3 is 28.9 Å². The van der Waals surface area contributed by atoms with Gasteiger partial charge in [0, 0.05) is 39.9 Å². The third-order valence-electron chi connectivity index (χ3n) is 6.58. The molecule has 1 aromatic carbocycles. The third-order valence-corrected chi connectivity index (χ3v) is 6.58. The van der Waals surface area contributed by atoms with E-state index in [4.69, 9.17) is 9.47 Å². The van der Waals surface area contributed by atoms with E-state index in [0.717, 1.165) is 6.42 Å². The number of amides is 2. The molecule has 0 bridgehead atoms. The highest BCUT2D eigenvalue weighted by Crippen LogP contribution is 2.27. The largest absolute Gasteiger partial charge is 0.481 e. The molecule has 2 atom stereocenters. The molecule has 1 saturated heterocycles. The summed E-state index contributed by atoms with van der Waals surface area (Å²) in [6.07, 6.45) is 0.926. The lowest BCUT2D eigenvalue weighted by atomic mass is 9.92. The molecule has 1 N–H and O–H groups in total. The molecular formula is C28H41FN4O6. The first kappa shape index (κ1) is 30.3. The van der Waals surface area contributed by atoms with Crippen LogP contribution >= 0.6 is 0 Å². The van der Waals surface area contributed by atoms with Crippen LogP contribution in [-0.4, -0.2) is 87.4 Å². The summed E-state index contributed by atoms with van der Waals surface area (Å²) in [6, 6.07) is 3.97. The van der Waals surface area contributed by atoms with Crippen LogP contribution < -0.4 is 0 Å². The number of aliphatic carboxylic acids is 1. The van der Waals surface area contributed by atoms with Crippen LogP contribution in [0.15, 0.2) is 18.2 Å². The van der Waals surface area contributed by atoms with Gasteiger partial charge in [0.15, 0.2) is 5.82 Å². The van der Waals surface area contributed by atoms with Crippen LogP contribution in [0.4, 0.5) is 9.18 Å². The van der Waals surface area contributed by atoms with Crippen LogP contribution in [0.1, 0.15) is 64.5 Å². The molecule has 1 aliphatic heterocycles. The molecule has 0 aliphatic carbocycles. The lowest BCUT2D eigenvalue weighted by molar-refractivity contribution is -0.144. The van der Waals surface area contributed by atoms with Crippen LogP contribution in [-0.2, 0) is 20.8 Å². The Hall–Kier alpha value is -3.21. The number of para-hydroxylation sites is 1. The second kappa shape index (κ2) is 12.8. The number of piperidine rings is 1. The number of fused-ring (bicyclic) bond motifs is 1. The van der Waals surface area contributed by atoms with Crippen molar-refractivity contribution in [2.24, 2.45) is 11.8 Å². The Labute approximate surface area is 229 Å². The number of hydrogen-bond acceptors (Lipinski definition) is 6. The number of hydrogen-bond donors (Lipinski definition) is 1. The number of carboxylic acids is 1. The highest BCUT2D eigenvalue weighted by atomic mass is 19.1.